The lowest BCUT2D eigenvalue weighted by atomic mass is 10.0. The van der Waals surface area contributed by atoms with Crippen molar-refractivity contribution >= 4 is 11.7 Å². The Labute approximate surface area is 134 Å². The highest BCUT2D eigenvalue weighted by Gasteiger charge is 2.22. The van der Waals surface area contributed by atoms with Crippen molar-refractivity contribution in [3.63, 3.8) is 0 Å². The van der Waals surface area contributed by atoms with Crippen molar-refractivity contribution in [1.29, 1.82) is 0 Å². The number of nitrogens with zero attached hydrogens (tertiary/aromatic N) is 1. The van der Waals surface area contributed by atoms with Gasteiger partial charge in [-0.05, 0) is 57.0 Å². The Morgan fingerprint density at radius 2 is 2.23 bits per heavy atom. The van der Waals surface area contributed by atoms with Gasteiger partial charge in [-0.25, -0.2) is 4.79 Å². The molecule has 2 rings (SSSR count). The predicted molar refractivity (Wildman–Crippen MR) is 92.3 cm³/mol. The number of hydrogen-bond donors (Lipinski definition) is 2. The molecule has 0 saturated carbocycles. The van der Waals surface area contributed by atoms with Crippen molar-refractivity contribution in [2.24, 2.45) is 0 Å². The third-order valence-corrected chi connectivity index (χ3v) is 4.32. The van der Waals surface area contributed by atoms with Crippen LogP contribution in [0, 0.1) is 6.92 Å². The van der Waals surface area contributed by atoms with Crippen LogP contribution in [-0.4, -0.2) is 36.6 Å². The van der Waals surface area contributed by atoms with Gasteiger partial charge in [0.15, 0.2) is 0 Å². The van der Waals surface area contributed by atoms with E-state index in [1.165, 1.54) is 38.6 Å². The first kappa shape index (κ1) is 16.8. The van der Waals surface area contributed by atoms with Gasteiger partial charge in [-0.15, -0.1) is 0 Å². The number of carbonyl (C=O) groups is 1. The van der Waals surface area contributed by atoms with Gasteiger partial charge in [0, 0.05) is 18.3 Å². The number of carbonyl (C=O) groups excluding carboxylic acids is 1. The minimum atomic E-state index is -0.105. The third-order valence-electron chi connectivity index (χ3n) is 4.32. The van der Waals surface area contributed by atoms with Gasteiger partial charge in [0.1, 0.15) is 0 Å². The first-order chi connectivity index (χ1) is 10.7. The van der Waals surface area contributed by atoms with E-state index in [2.05, 4.69) is 22.5 Å². The minimum absolute atomic E-state index is 0.105. The number of nitrogens with one attached hydrogen (secondary N) is 2. The highest BCUT2D eigenvalue weighted by molar-refractivity contribution is 5.89. The summed E-state index contributed by atoms with van der Waals surface area (Å²) >= 11 is 0. The first-order valence-corrected chi connectivity index (χ1v) is 8.54. The van der Waals surface area contributed by atoms with Gasteiger partial charge in [-0.3, -0.25) is 4.90 Å². The van der Waals surface area contributed by atoms with Gasteiger partial charge in [-0.2, -0.15) is 0 Å². The second kappa shape index (κ2) is 8.79. The van der Waals surface area contributed by atoms with Gasteiger partial charge in [0.25, 0.3) is 0 Å². The molecular weight excluding hydrogens is 274 g/mol. The summed E-state index contributed by atoms with van der Waals surface area (Å²) in [6, 6.07) is 8.26. The number of piperidine rings is 1. The SMILES string of the molecule is CCCCN1CCCCC1CNC(=O)Nc1cccc(C)c1. The van der Waals surface area contributed by atoms with Crippen LogP contribution >= 0.6 is 0 Å². The summed E-state index contributed by atoms with van der Waals surface area (Å²) in [6.07, 6.45) is 6.22. The Morgan fingerprint density at radius 3 is 3.00 bits per heavy atom. The second-order valence-electron chi connectivity index (χ2n) is 6.24. The van der Waals surface area contributed by atoms with E-state index in [9.17, 15) is 4.79 Å². The lowest BCUT2D eigenvalue weighted by molar-refractivity contribution is 0.145. The number of rotatable bonds is 6. The predicted octanol–water partition coefficient (Wildman–Crippen LogP) is 3.77. The van der Waals surface area contributed by atoms with Crippen LogP contribution < -0.4 is 10.6 Å². The highest BCUT2D eigenvalue weighted by atomic mass is 16.2. The van der Waals surface area contributed by atoms with Crippen LogP contribution in [0.2, 0.25) is 0 Å². The van der Waals surface area contributed by atoms with Gasteiger partial charge in [0.05, 0.1) is 0 Å². The minimum Gasteiger partial charge on any atom is -0.336 e. The van der Waals surface area contributed by atoms with Crippen molar-refractivity contribution < 1.29 is 4.79 Å². The molecule has 0 aromatic heterocycles. The van der Waals surface area contributed by atoms with Crippen LogP contribution in [0.1, 0.15) is 44.6 Å². The van der Waals surface area contributed by atoms with Crippen molar-refractivity contribution in [3.8, 4) is 0 Å². The van der Waals surface area contributed by atoms with Crippen LogP contribution in [0.25, 0.3) is 0 Å². The van der Waals surface area contributed by atoms with E-state index in [1.807, 2.05) is 31.2 Å². The fourth-order valence-corrected chi connectivity index (χ4v) is 3.06. The summed E-state index contributed by atoms with van der Waals surface area (Å²) in [5.41, 5.74) is 2.00. The summed E-state index contributed by atoms with van der Waals surface area (Å²) in [6.45, 7) is 7.32. The van der Waals surface area contributed by atoms with E-state index in [1.54, 1.807) is 0 Å². The molecule has 2 N–H and O–H groups in total. The number of amides is 2. The van der Waals surface area contributed by atoms with E-state index in [0.29, 0.717) is 6.04 Å². The van der Waals surface area contributed by atoms with Gasteiger partial charge in [0.2, 0.25) is 0 Å². The summed E-state index contributed by atoms with van der Waals surface area (Å²) in [7, 11) is 0. The van der Waals surface area contributed by atoms with Gasteiger partial charge < -0.3 is 10.6 Å². The van der Waals surface area contributed by atoms with Crippen molar-refractivity contribution in [3.05, 3.63) is 29.8 Å². The molecule has 0 bridgehead atoms. The second-order valence-corrected chi connectivity index (χ2v) is 6.24. The summed E-state index contributed by atoms with van der Waals surface area (Å²) in [5, 5.41) is 5.95. The Balaban J connectivity index is 1.78. The molecule has 0 radical (unpaired) electrons. The van der Waals surface area contributed by atoms with E-state index >= 15 is 0 Å². The van der Waals surface area contributed by atoms with E-state index in [-0.39, 0.29) is 6.03 Å². The molecule has 1 aliphatic rings. The van der Waals surface area contributed by atoms with Crippen molar-refractivity contribution in [2.75, 3.05) is 25.0 Å². The fourth-order valence-electron chi connectivity index (χ4n) is 3.06. The zero-order chi connectivity index (χ0) is 15.8. The molecule has 0 spiro atoms. The topological polar surface area (TPSA) is 44.4 Å². The number of unbranched alkanes of at least 4 members (excludes halogenated alkanes) is 1. The Morgan fingerprint density at radius 1 is 1.36 bits per heavy atom. The van der Waals surface area contributed by atoms with Gasteiger partial charge in [-0.1, -0.05) is 31.9 Å². The molecule has 1 atom stereocenters. The Bertz CT molecular complexity index is 475. The smallest absolute Gasteiger partial charge is 0.319 e. The molecule has 1 heterocycles. The number of benzene rings is 1. The van der Waals surface area contributed by atoms with Crippen LogP contribution in [0.3, 0.4) is 0 Å². The molecular formula is C18H29N3O. The number of aryl methyl sites for hydroxylation is 1. The third kappa shape index (κ3) is 5.34. The Kier molecular flexibility index (Phi) is 6.72. The highest BCUT2D eigenvalue weighted by Crippen LogP contribution is 2.17. The van der Waals surface area contributed by atoms with Crippen LogP contribution in [0.4, 0.5) is 10.5 Å². The molecule has 22 heavy (non-hydrogen) atoms. The van der Waals surface area contributed by atoms with Crippen LogP contribution in [0.5, 0.6) is 0 Å². The van der Waals surface area contributed by atoms with Crippen molar-refractivity contribution in [1.82, 2.24) is 10.2 Å². The standard InChI is InChI=1S/C18H29N3O/c1-3-4-11-21-12-6-5-10-17(21)14-19-18(22)20-16-9-7-8-15(2)13-16/h7-9,13,17H,3-6,10-12,14H2,1-2H3,(H2,19,20,22). The molecule has 4 nitrogen and oxygen atoms in total. The molecule has 1 aliphatic heterocycles. The molecule has 2 amide bonds. The summed E-state index contributed by atoms with van der Waals surface area (Å²) < 4.78 is 0. The number of likely N-dealkylation sites (tertiary alicyclic amines) is 1. The van der Waals surface area contributed by atoms with E-state index in [0.717, 1.165) is 24.3 Å². The Hall–Kier alpha value is -1.55. The van der Waals surface area contributed by atoms with Gasteiger partial charge >= 0.3 is 6.03 Å². The summed E-state index contributed by atoms with van der Waals surface area (Å²) in [4.78, 5) is 14.6. The fraction of sp³-hybridized carbons (Fsp3) is 0.611. The lowest BCUT2D eigenvalue weighted by Crippen LogP contribution is -2.47. The van der Waals surface area contributed by atoms with Crippen LogP contribution in [0.15, 0.2) is 24.3 Å². The lowest BCUT2D eigenvalue weighted by Gasteiger charge is -2.35. The maximum Gasteiger partial charge on any atom is 0.319 e. The van der Waals surface area contributed by atoms with E-state index in [4.69, 9.17) is 0 Å². The van der Waals surface area contributed by atoms with Crippen molar-refractivity contribution in [2.45, 2.75) is 52.0 Å². The largest absolute Gasteiger partial charge is 0.336 e. The maximum atomic E-state index is 12.0. The number of hydrogen-bond acceptors (Lipinski definition) is 2. The molecule has 1 saturated heterocycles. The average molecular weight is 303 g/mol. The molecule has 1 fully saturated rings. The molecule has 1 aromatic rings. The molecule has 4 heteroatoms. The quantitative estimate of drug-likeness (QED) is 0.840. The molecule has 1 aromatic carbocycles. The zero-order valence-electron chi connectivity index (χ0n) is 13.9. The molecule has 0 aliphatic carbocycles. The maximum absolute atomic E-state index is 12.0. The average Bonchev–Trinajstić information content (AvgIpc) is 2.51. The van der Waals surface area contributed by atoms with Crippen LogP contribution in [-0.2, 0) is 0 Å². The zero-order valence-corrected chi connectivity index (χ0v) is 13.9. The monoisotopic (exact) mass is 303 g/mol. The number of urea groups is 1. The molecule has 1 unspecified atom stereocenters. The molecule has 122 valence electrons. The van der Waals surface area contributed by atoms with E-state index < -0.39 is 0 Å². The summed E-state index contributed by atoms with van der Waals surface area (Å²) in [5.74, 6) is 0. The normalized spacial score (nSPS) is 18.9. The number of anilines is 1. The first-order valence-electron chi connectivity index (χ1n) is 8.54.